The standard InChI is InChI=1S/C12H21N3O3/c1-12(2,3)11(18)15-14-10(17)8-5-4-7(6-8)9(13)16/h7-8H,4-6H2,1-3H3,(H2,13,16)(H,14,17)(H,15,18). The maximum atomic E-state index is 11.8. The summed E-state index contributed by atoms with van der Waals surface area (Å²) in [6.07, 6.45) is 1.73. The lowest BCUT2D eigenvalue weighted by Gasteiger charge is -2.19. The van der Waals surface area contributed by atoms with Crippen LogP contribution in [0.3, 0.4) is 0 Å². The molecule has 6 nitrogen and oxygen atoms in total. The van der Waals surface area contributed by atoms with Crippen LogP contribution in [0.4, 0.5) is 0 Å². The third kappa shape index (κ3) is 3.72. The lowest BCUT2D eigenvalue weighted by atomic mass is 9.96. The van der Waals surface area contributed by atoms with Gasteiger partial charge in [-0.2, -0.15) is 0 Å². The molecule has 1 aliphatic rings. The van der Waals surface area contributed by atoms with Crippen LogP contribution >= 0.6 is 0 Å². The minimum atomic E-state index is -0.557. The number of hydrazine groups is 1. The van der Waals surface area contributed by atoms with Crippen molar-refractivity contribution in [3.63, 3.8) is 0 Å². The van der Waals surface area contributed by atoms with Gasteiger partial charge in [0.2, 0.25) is 17.7 Å². The smallest absolute Gasteiger partial charge is 0.243 e. The lowest BCUT2D eigenvalue weighted by Crippen LogP contribution is -2.48. The van der Waals surface area contributed by atoms with Crippen molar-refractivity contribution in [1.82, 2.24) is 10.9 Å². The van der Waals surface area contributed by atoms with E-state index in [1.165, 1.54) is 0 Å². The van der Waals surface area contributed by atoms with Crippen LogP contribution in [0.2, 0.25) is 0 Å². The van der Waals surface area contributed by atoms with Gasteiger partial charge >= 0.3 is 0 Å². The molecule has 0 saturated heterocycles. The first-order valence-corrected chi connectivity index (χ1v) is 6.11. The topological polar surface area (TPSA) is 101 Å². The summed E-state index contributed by atoms with van der Waals surface area (Å²) in [5.41, 5.74) is 9.43. The van der Waals surface area contributed by atoms with Crippen LogP contribution in [0.1, 0.15) is 40.0 Å². The fourth-order valence-electron chi connectivity index (χ4n) is 1.89. The zero-order chi connectivity index (χ0) is 13.9. The summed E-state index contributed by atoms with van der Waals surface area (Å²) in [5, 5.41) is 0. The van der Waals surface area contributed by atoms with Crippen molar-refractivity contribution in [2.45, 2.75) is 40.0 Å². The van der Waals surface area contributed by atoms with Gasteiger partial charge < -0.3 is 5.73 Å². The Labute approximate surface area is 107 Å². The van der Waals surface area contributed by atoms with Crippen molar-refractivity contribution >= 4 is 17.7 Å². The van der Waals surface area contributed by atoms with Crippen molar-refractivity contribution in [2.24, 2.45) is 23.0 Å². The molecule has 1 rings (SSSR count). The normalized spacial score (nSPS) is 23.5. The van der Waals surface area contributed by atoms with E-state index in [1.807, 2.05) is 0 Å². The second-order valence-corrected chi connectivity index (χ2v) is 5.80. The summed E-state index contributed by atoms with van der Waals surface area (Å²) in [6.45, 7) is 5.27. The van der Waals surface area contributed by atoms with E-state index in [0.717, 1.165) is 0 Å². The number of primary amides is 1. The van der Waals surface area contributed by atoms with E-state index in [9.17, 15) is 14.4 Å². The van der Waals surface area contributed by atoms with Crippen molar-refractivity contribution in [3.8, 4) is 0 Å². The second-order valence-electron chi connectivity index (χ2n) is 5.80. The van der Waals surface area contributed by atoms with Crippen LogP contribution < -0.4 is 16.6 Å². The van der Waals surface area contributed by atoms with E-state index < -0.39 is 5.41 Å². The first-order chi connectivity index (χ1) is 8.21. The molecule has 2 unspecified atom stereocenters. The third-order valence-electron chi connectivity index (χ3n) is 3.19. The molecule has 0 aromatic carbocycles. The van der Waals surface area contributed by atoms with Gasteiger partial charge in [-0.05, 0) is 19.3 Å². The average molecular weight is 255 g/mol. The maximum Gasteiger partial charge on any atom is 0.243 e. The Morgan fingerprint density at radius 3 is 2.06 bits per heavy atom. The number of carbonyl (C=O) groups is 3. The van der Waals surface area contributed by atoms with Crippen LogP contribution in [-0.4, -0.2) is 17.7 Å². The first-order valence-electron chi connectivity index (χ1n) is 6.11. The Bertz CT molecular complexity index is 360. The SMILES string of the molecule is CC(C)(C)C(=O)NNC(=O)C1CCC(C(N)=O)C1. The highest BCUT2D eigenvalue weighted by Crippen LogP contribution is 2.30. The Morgan fingerprint density at radius 1 is 1.06 bits per heavy atom. The number of carbonyl (C=O) groups excluding carboxylic acids is 3. The van der Waals surface area contributed by atoms with Gasteiger partial charge in [0.15, 0.2) is 0 Å². The highest BCUT2D eigenvalue weighted by Gasteiger charge is 2.33. The van der Waals surface area contributed by atoms with Crippen molar-refractivity contribution < 1.29 is 14.4 Å². The van der Waals surface area contributed by atoms with E-state index in [4.69, 9.17) is 5.73 Å². The Balaban J connectivity index is 2.39. The van der Waals surface area contributed by atoms with Crippen molar-refractivity contribution in [2.75, 3.05) is 0 Å². The highest BCUT2D eigenvalue weighted by molar-refractivity contribution is 5.86. The monoisotopic (exact) mass is 255 g/mol. The molecule has 4 N–H and O–H groups in total. The minimum absolute atomic E-state index is 0.223. The maximum absolute atomic E-state index is 11.8. The molecule has 18 heavy (non-hydrogen) atoms. The van der Waals surface area contributed by atoms with Gasteiger partial charge in [0, 0.05) is 17.3 Å². The summed E-state index contributed by atoms with van der Waals surface area (Å²) >= 11 is 0. The molecule has 1 saturated carbocycles. The average Bonchev–Trinajstić information content (AvgIpc) is 2.73. The van der Waals surface area contributed by atoms with E-state index in [0.29, 0.717) is 19.3 Å². The molecular weight excluding hydrogens is 234 g/mol. The Morgan fingerprint density at radius 2 is 1.61 bits per heavy atom. The molecule has 102 valence electrons. The van der Waals surface area contributed by atoms with E-state index in [1.54, 1.807) is 20.8 Å². The molecular formula is C12H21N3O3. The zero-order valence-corrected chi connectivity index (χ0v) is 11.1. The minimum Gasteiger partial charge on any atom is -0.369 e. The Kier molecular flexibility index (Phi) is 4.32. The summed E-state index contributed by atoms with van der Waals surface area (Å²) in [6, 6.07) is 0. The third-order valence-corrected chi connectivity index (χ3v) is 3.19. The summed E-state index contributed by atoms with van der Waals surface area (Å²) < 4.78 is 0. The van der Waals surface area contributed by atoms with Gasteiger partial charge in [-0.3, -0.25) is 25.2 Å². The lowest BCUT2D eigenvalue weighted by molar-refractivity contribution is -0.135. The van der Waals surface area contributed by atoms with Gasteiger partial charge in [-0.25, -0.2) is 0 Å². The molecule has 0 aromatic heterocycles. The molecule has 1 fully saturated rings. The largest absolute Gasteiger partial charge is 0.369 e. The van der Waals surface area contributed by atoms with Crippen LogP contribution in [0.25, 0.3) is 0 Å². The summed E-state index contributed by atoms with van der Waals surface area (Å²) in [7, 11) is 0. The Hall–Kier alpha value is -1.59. The van der Waals surface area contributed by atoms with Crippen molar-refractivity contribution in [3.05, 3.63) is 0 Å². The fraction of sp³-hybridized carbons (Fsp3) is 0.750. The number of rotatable bonds is 2. The predicted molar refractivity (Wildman–Crippen MR) is 65.8 cm³/mol. The van der Waals surface area contributed by atoms with Crippen LogP contribution in [0.15, 0.2) is 0 Å². The first kappa shape index (κ1) is 14.5. The summed E-state index contributed by atoms with van der Waals surface area (Å²) in [5.74, 6) is -1.33. The number of hydrogen-bond donors (Lipinski definition) is 3. The molecule has 2 atom stereocenters. The second kappa shape index (κ2) is 5.37. The quantitative estimate of drug-likeness (QED) is 0.609. The van der Waals surface area contributed by atoms with Gasteiger partial charge in [0.25, 0.3) is 0 Å². The number of nitrogens with one attached hydrogen (secondary N) is 2. The molecule has 0 radical (unpaired) electrons. The van der Waals surface area contributed by atoms with Gasteiger partial charge in [-0.1, -0.05) is 20.8 Å². The summed E-state index contributed by atoms with van der Waals surface area (Å²) in [4.78, 5) is 34.3. The molecule has 1 aliphatic carbocycles. The van der Waals surface area contributed by atoms with Crippen molar-refractivity contribution in [1.29, 1.82) is 0 Å². The van der Waals surface area contributed by atoms with Gasteiger partial charge in [0.1, 0.15) is 0 Å². The number of hydrogen-bond acceptors (Lipinski definition) is 3. The van der Waals surface area contributed by atoms with Crippen LogP contribution in [-0.2, 0) is 14.4 Å². The molecule has 0 spiro atoms. The molecule has 0 bridgehead atoms. The fourth-order valence-corrected chi connectivity index (χ4v) is 1.89. The molecule has 6 heteroatoms. The number of nitrogens with two attached hydrogens (primary N) is 1. The van der Waals surface area contributed by atoms with E-state index in [-0.39, 0.29) is 29.6 Å². The molecule has 3 amide bonds. The number of amides is 3. The van der Waals surface area contributed by atoms with Crippen LogP contribution in [0.5, 0.6) is 0 Å². The molecule has 0 heterocycles. The van der Waals surface area contributed by atoms with Crippen LogP contribution in [0, 0.1) is 17.3 Å². The van der Waals surface area contributed by atoms with Gasteiger partial charge in [-0.15, -0.1) is 0 Å². The van der Waals surface area contributed by atoms with Gasteiger partial charge in [0.05, 0.1) is 0 Å². The van der Waals surface area contributed by atoms with E-state index >= 15 is 0 Å². The molecule has 0 aliphatic heterocycles. The molecule has 0 aromatic rings. The predicted octanol–water partition coefficient (Wildman–Crippen LogP) is 0.0815. The van der Waals surface area contributed by atoms with E-state index in [2.05, 4.69) is 10.9 Å². The zero-order valence-electron chi connectivity index (χ0n) is 11.1. The highest BCUT2D eigenvalue weighted by atomic mass is 16.2.